The maximum Gasteiger partial charge on any atom is 0.358 e. The van der Waals surface area contributed by atoms with E-state index in [0.29, 0.717) is 6.04 Å². The van der Waals surface area contributed by atoms with Crippen LogP contribution in [-0.2, 0) is 4.74 Å². The van der Waals surface area contributed by atoms with Crippen LogP contribution in [0, 0.1) is 0 Å². The van der Waals surface area contributed by atoms with Gasteiger partial charge in [-0.25, -0.2) is 14.8 Å². The smallest absolute Gasteiger partial charge is 0.358 e. The molecule has 1 N–H and O–H groups in total. The standard InChI is InChI=1S/C11H16N4O2/c1-12-8-3-4-15(7-8)10-6-13-9(5-14-10)11(16)17-2/h5-6,8,12H,3-4,7H2,1-2H3/t8-/m1/s1. The van der Waals surface area contributed by atoms with Gasteiger partial charge in [-0.3, -0.25) is 0 Å². The van der Waals surface area contributed by atoms with E-state index in [1.165, 1.54) is 13.3 Å². The van der Waals surface area contributed by atoms with Crippen molar-refractivity contribution in [3.63, 3.8) is 0 Å². The quantitative estimate of drug-likeness (QED) is 0.749. The zero-order valence-corrected chi connectivity index (χ0v) is 10.0. The zero-order chi connectivity index (χ0) is 12.3. The molecule has 1 aromatic rings. The summed E-state index contributed by atoms with van der Waals surface area (Å²) in [5.41, 5.74) is 0.237. The fourth-order valence-electron chi connectivity index (χ4n) is 1.90. The van der Waals surface area contributed by atoms with E-state index in [1.807, 2.05) is 7.05 Å². The van der Waals surface area contributed by atoms with Gasteiger partial charge in [-0.2, -0.15) is 0 Å². The average Bonchev–Trinajstić information content (AvgIpc) is 2.87. The van der Waals surface area contributed by atoms with Gasteiger partial charge < -0.3 is 15.0 Å². The lowest BCUT2D eigenvalue weighted by atomic mass is 10.3. The predicted octanol–water partition coefficient (Wildman–Crippen LogP) is 0.0613. The monoisotopic (exact) mass is 236 g/mol. The van der Waals surface area contributed by atoms with Crippen LogP contribution in [0.3, 0.4) is 0 Å². The molecule has 17 heavy (non-hydrogen) atoms. The highest BCUT2D eigenvalue weighted by molar-refractivity contribution is 5.86. The van der Waals surface area contributed by atoms with Gasteiger partial charge in [-0.05, 0) is 13.5 Å². The van der Waals surface area contributed by atoms with Gasteiger partial charge in [0.25, 0.3) is 0 Å². The molecule has 1 aliphatic heterocycles. The molecule has 0 aliphatic carbocycles. The first-order chi connectivity index (χ1) is 8.24. The number of carbonyl (C=O) groups is 1. The van der Waals surface area contributed by atoms with Crippen LogP contribution in [0.5, 0.6) is 0 Å². The second kappa shape index (κ2) is 5.09. The number of hydrogen-bond acceptors (Lipinski definition) is 6. The van der Waals surface area contributed by atoms with E-state index in [9.17, 15) is 4.79 Å². The van der Waals surface area contributed by atoms with Crippen molar-refractivity contribution in [2.75, 3.05) is 32.1 Å². The minimum absolute atomic E-state index is 0.237. The Morgan fingerprint density at radius 1 is 1.53 bits per heavy atom. The number of aromatic nitrogens is 2. The van der Waals surface area contributed by atoms with Gasteiger partial charge in [-0.15, -0.1) is 0 Å². The molecule has 2 rings (SSSR count). The number of nitrogens with zero attached hydrogens (tertiary/aromatic N) is 3. The molecule has 0 saturated carbocycles. The first kappa shape index (κ1) is 11.8. The number of ether oxygens (including phenoxy) is 1. The highest BCUT2D eigenvalue weighted by Crippen LogP contribution is 2.16. The molecule has 0 aromatic carbocycles. The van der Waals surface area contributed by atoms with Gasteiger partial charge in [0.1, 0.15) is 5.82 Å². The van der Waals surface area contributed by atoms with E-state index in [2.05, 4.69) is 24.9 Å². The van der Waals surface area contributed by atoms with E-state index >= 15 is 0 Å². The molecular formula is C11H16N4O2. The molecule has 0 spiro atoms. The maximum atomic E-state index is 11.2. The van der Waals surface area contributed by atoms with Gasteiger partial charge in [0.2, 0.25) is 0 Å². The number of rotatable bonds is 3. The Bertz CT molecular complexity index is 393. The first-order valence-corrected chi connectivity index (χ1v) is 5.57. The molecule has 1 atom stereocenters. The second-order valence-corrected chi connectivity index (χ2v) is 3.97. The molecule has 92 valence electrons. The molecule has 0 radical (unpaired) electrons. The van der Waals surface area contributed by atoms with Crippen LogP contribution in [0.2, 0.25) is 0 Å². The first-order valence-electron chi connectivity index (χ1n) is 5.57. The van der Waals surface area contributed by atoms with Crippen LogP contribution >= 0.6 is 0 Å². The molecule has 0 bridgehead atoms. The minimum Gasteiger partial charge on any atom is -0.464 e. The van der Waals surface area contributed by atoms with E-state index in [-0.39, 0.29) is 5.69 Å². The topological polar surface area (TPSA) is 67.4 Å². The highest BCUT2D eigenvalue weighted by atomic mass is 16.5. The van der Waals surface area contributed by atoms with Gasteiger partial charge in [-0.1, -0.05) is 0 Å². The summed E-state index contributed by atoms with van der Waals surface area (Å²) in [4.78, 5) is 21.6. The minimum atomic E-state index is -0.460. The van der Waals surface area contributed by atoms with E-state index in [1.54, 1.807) is 6.20 Å². The molecule has 1 saturated heterocycles. The van der Waals surface area contributed by atoms with Crippen LogP contribution in [0.4, 0.5) is 5.82 Å². The molecule has 1 aliphatic rings. The Morgan fingerprint density at radius 2 is 2.35 bits per heavy atom. The number of nitrogens with one attached hydrogen (secondary N) is 1. The molecule has 1 aromatic heterocycles. The summed E-state index contributed by atoms with van der Waals surface area (Å²) >= 11 is 0. The zero-order valence-electron chi connectivity index (χ0n) is 10.0. The highest BCUT2D eigenvalue weighted by Gasteiger charge is 2.22. The lowest BCUT2D eigenvalue weighted by Gasteiger charge is -2.16. The Labute approximate surface area is 100 Å². The Kier molecular flexibility index (Phi) is 3.53. The van der Waals surface area contributed by atoms with E-state index in [0.717, 1.165) is 25.3 Å². The van der Waals surface area contributed by atoms with Crippen LogP contribution in [0.15, 0.2) is 12.4 Å². The molecule has 6 heteroatoms. The fraction of sp³-hybridized carbons (Fsp3) is 0.545. The number of likely N-dealkylation sites (N-methyl/N-ethyl adjacent to an activating group) is 1. The third-order valence-electron chi connectivity index (χ3n) is 2.95. The molecule has 6 nitrogen and oxygen atoms in total. The lowest BCUT2D eigenvalue weighted by Crippen LogP contribution is -2.30. The fourth-order valence-corrected chi connectivity index (χ4v) is 1.90. The molecule has 1 fully saturated rings. The van der Waals surface area contributed by atoms with Crippen LogP contribution in [0.1, 0.15) is 16.9 Å². The van der Waals surface area contributed by atoms with Crippen LogP contribution in [0.25, 0.3) is 0 Å². The number of carbonyl (C=O) groups excluding carboxylic acids is 1. The summed E-state index contributed by atoms with van der Waals surface area (Å²) in [6.07, 6.45) is 4.16. The SMILES string of the molecule is CN[C@@H]1CCN(c2cnc(C(=O)OC)cn2)C1. The molecule has 0 unspecified atom stereocenters. The summed E-state index contributed by atoms with van der Waals surface area (Å²) in [6, 6.07) is 0.497. The van der Waals surface area contributed by atoms with Crippen molar-refractivity contribution in [2.45, 2.75) is 12.5 Å². The van der Waals surface area contributed by atoms with Crippen molar-refractivity contribution in [1.29, 1.82) is 0 Å². The van der Waals surface area contributed by atoms with Crippen molar-refractivity contribution in [1.82, 2.24) is 15.3 Å². The number of hydrogen-bond donors (Lipinski definition) is 1. The predicted molar refractivity (Wildman–Crippen MR) is 63.0 cm³/mol. The summed E-state index contributed by atoms with van der Waals surface area (Å²) in [5, 5.41) is 3.24. The van der Waals surface area contributed by atoms with Gasteiger partial charge in [0.05, 0.1) is 19.5 Å². The lowest BCUT2D eigenvalue weighted by molar-refractivity contribution is 0.0593. The summed E-state index contributed by atoms with van der Waals surface area (Å²) < 4.78 is 4.57. The van der Waals surface area contributed by atoms with Crippen molar-refractivity contribution < 1.29 is 9.53 Å². The van der Waals surface area contributed by atoms with E-state index in [4.69, 9.17) is 0 Å². The molecular weight excluding hydrogens is 220 g/mol. The van der Waals surface area contributed by atoms with Gasteiger partial charge in [0, 0.05) is 19.1 Å². The molecule has 0 amide bonds. The van der Waals surface area contributed by atoms with Crippen LogP contribution < -0.4 is 10.2 Å². The number of esters is 1. The van der Waals surface area contributed by atoms with Crippen molar-refractivity contribution in [2.24, 2.45) is 0 Å². The molecule has 2 heterocycles. The third-order valence-corrected chi connectivity index (χ3v) is 2.95. The Balaban J connectivity index is 2.06. The van der Waals surface area contributed by atoms with E-state index < -0.39 is 5.97 Å². The Morgan fingerprint density at radius 3 is 2.88 bits per heavy atom. The summed E-state index contributed by atoms with van der Waals surface area (Å²) in [6.45, 7) is 1.88. The average molecular weight is 236 g/mol. The largest absolute Gasteiger partial charge is 0.464 e. The summed E-state index contributed by atoms with van der Waals surface area (Å²) in [5.74, 6) is 0.342. The normalized spacial score (nSPS) is 19.4. The van der Waals surface area contributed by atoms with Gasteiger partial charge in [0.15, 0.2) is 5.69 Å². The van der Waals surface area contributed by atoms with Crippen molar-refractivity contribution >= 4 is 11.8 Å². The summed E-state index contributed by atoms with van der Waals surface area (Å²) in [7, 11) is 3.29. The van der Waals surface area contributed by atoms with Gasteiger partial charge >= 0.3 is 5.97 Å². The van der Waals surface area contributed by atoms with Crippen molar-refractivity contribution in [3.05, 3.63) is 18.1 Å². The second-order valence-electron chi connectivity index (χ2n) is 3.97. The maximum absolute atomic E-state index is 11.2. The van der Waals surface area contributed by atoms with Crippen molar-refractivity contribution in [3.8, 4) is 0 Å². The van der Waals surface area contributed by atoms with Crippen LogP contribution in [-0.4, -0.2) is 49.2 Å². The third kappa shape index (κ3) is 2.52. The number of methoxy groups -OCH3 is 1. The Hall–Kier alpha value is -1.69. The number of anilines is 1.